The van der Waals surface area contributed by atoms with Crippen LogP contribution in [0, 0.1) is 5.92 Å². The minimum atomic E-state index is -0.785. The van der Waals surface area contributed by atoms with Gasteiger partial charge in [0.15, 0.2) is 0 Å². The number of hydrogen-bond donors (Lipinski definition) is 1. The highest BCUT2D eigenvalue weighted by atomic mass is 16.4. The van der Waals surface area contributed by atoms with Gasteiger partial charge in [-0.1, -0.05) is 26.3 Å². The van der Waals surface area contributed by atoms with Gasteiger partial charge < -0.3 is 5.11 Å². The molecule has 0 aromatic carbocycles. The first kappa shape index (κ1) is 11.2. The van der Waals surface area contributed by atoms with Gasteiger partial charge in [-0.05, 0) is 25.7 Å². The number of carbonyl (C=O) groups is 1. The Morgan fingerprint density at radius 2 is 1.92 bits per heavy atom. The van der Waals surface area contributed by atoms with Crippen LogP contribution >= 0.6 is 0 Å². The minimum absolute atomic E-state index is 0.395. The predicted octanol–water partition coefficient (Wildman–Crippen LogP) is 2.84. The van der Waals surface area contributed by atoms with Crippen LogP contribution < -0.4 is 0 Å². The molecule has 0 bridgehead atoms. The zero-order valence-corrected chi connectivity index (χ0v) is 8.35. The molecule has 0 saturated carbocycles. The van der Waals surface area contributed by atoms with Crippen LogP contribution in [0.15, 0.2) is 11.1 Å². The third kappa shape index (κ3) is 2.68. The number of carboxylic acids is 1. The zero-order chi connectivity index (χ0) is 9.72. The molecule has 0 aliphatic carbocycles. The molecule has 1 N–H and O–H groups in total. The topological polar surface area (TPSA) is 37.3 Å². The van der Waals surface area contributed by atoms with Crippen molar-refractivity contribution < 1.29 is 9.90 Å². The molecule has 0 radical (unpaired) electrons. The first-order valence-corrected chi connectivity index (χ1v) is 4.47. The molecule has 0 amide bonds. The normalized spacial score (nSPS) is 15.3. The minimum Gasteiger partial charge on any atom is -0.478 e. The van der Waals surface area contributed by atoms with Gasteiger partial charge in [0.05, 0.1) is 0 Å². The molecule has 2 heteroatoms. The highest BCUT2D eigenvalue weighted by molar-refractivity contribution is 5.86. The summed E-state index contributed by atoms with van der Waals surface area (Å²) in [6.45, 7) is 7.85. The van der Waals surface area contributed by atoms with Crippen LogP contribution in [-0.2, 0) is 4.79 Å². The average molecular weight is 170 g/mol. The molecular weight excluding hydrogens is 152 g/mol. The summed E-state index contributed by atoms with van der Waals surface area (Å²) in [4.78, 5) is 10.7. The van der Waals surface area contributed by atoms with E-state index in [1.54, 1.807) is 6.92 Å². The lowest BCUT2D eigenvalue weighted by molar-refractivity contribution is -0.132. The van der Waals surface area contributed by atoms with E-state index in [-0.39, 0.29) is 0 Å². The monoisotopic (exact) mass is 170 g/mol. The van der Waals surface area contributed by atoms with Gasteiger partial charge in [0.1, 0.15) is 0 Å². The highest BCUT2D eigenvalue weighted by Crippen LogP contribution is 2.21. The van der Waals surface area contributed by atoms with E-state index in [4.69, 9.17) is 5.11 Å². The zero-order valence-electron chi connectivity index (χ0n) is 8.35. The van der Waals surface area contributed by atoms with Gasteiger partial charge in [0.25, 0.3) is 0 Å². The van der Waals surface area contributed by atoms with Crippen LogP contribution in [0.2, 0.25) is 0 Å². The number of hydrogen-bond acceptors (Lipinski definition) is 1. The summed E-state index contributed by atoms with van der Waals surface area (Å²) < 4.78 is 0. The molecule has 0 spiro atoms. The van der Waals surface area contributed by atoms with Gasteiger partial charge in [-0.25, -0.2) is 4.79 Å². The lowest BCUT2D eigenvalue weighted by Gasteiger charge is -2.13. The molecule has 0 heterocycles. The third-order valence-electron chi connectivity index (χ3n) is 2.39. The molecular formula is C10H18O2. The Bertz CT molecular complexity index is 192. The van der Waals surface area contributed by atoms with Gasteiger partial charge in [-0.3, -0.25) is 0 Å². The predicted molar refractivity (Wildman–Crippen MR) is 50.1 cm³/mol. The third-order valence-corrected chi connectivity index (χ3v) is 2.39. The second-order valence-electron chi connectivity index (χ2n) is 3.12. The lowest BCUT2D eigenvalue weighted by atomic mass is 9.92. The standard InChI is InChI=1S/C10H18O2/c1-5-7(3)9(6-2)8(4)10(11)12/h7H,5-6H2,1-4H3,(H,11,12)/b9-8+. The van der Waals surface area contributed by atoms with Crippen LogP contribution in [0.5, 0.6) is 0 Å². The fraction of sp³-hybridized carbons (Fsp3) is 0.700. The molecule has 1 atom stereocenters. The van der Waals surface area contributed by atoms with Crippen molar-refractivity contribution in [2.75, 3.05) is 0 Å². The maximum Gasteiger partial charge on any atom is 0.331 e. The van der Waals surface area contributed by atoms with Gasteiger partial charge in [-0.2, -0.15) is 0 Å². The van der Waals surface area contributed by atoms with Gasteiger partial charge in [0, 0.05) is 5.57 Å². The molecule has 0 saturated heterocycles. The average Bonchev–Trinajstić information content (AvgIpc) is 2.05. The second-order valence-corrected chi connectivity index (χ2v) is 3.12. The summed E-state index contributed by atoms with van der Waals surface area (Å²) in [5.74, 6) is -0.391. The Labute approximate surface area is 74.3 Å². The number of aliphatic carboxylic acids is 1. The van der Waals surface area contributed by atoms with Crippen molar-refractivity contribution in [1.82, 2.24) is 0 Å². The van der Waals surface area contributed by atoms with Crippen molar-refractivity contribution in [3.8, 4) is 0 Å². The summed E-state index contributed by atoms with van der Waals surface area (Å²) in [7, 11) is 0. The summed E-state index contributed by atoms with van der Waals surface area (Å²) in [6.07, 6.45) is 1.85. The summed E-state index contributed by atoms with van der Waals surface area (Å²) >= 11 is 0. The van der Waals surface area contributed by atoms with Crippen molar-refractivity contribution in [2.24, 2.45) is 5.92 Å². The molecule has 0 aromatic rings. The highest BCUT2D eigenvalue weighted by Gasteiger charge is 2.12. The van der Waals surface area contributed by atoms with Gasteiger partial charge in [0.2, 0.25) is 0 Å². The van der Waals surface area contributed by atoms with Crippen molar-refractivity contribution >= 4 is 5.97 Å². The maximum atomic E-state index is 10.7. The van der Waals surface area contributed by atoms with Crippen molar-refractivity contribution in [1.29, 1.82) is 0 Å². The van der Waals surface area contributed by atoms with Crippen molar-refractivity contribution in [2.45, 2.75) is 40.5 Å². The van der Waals surface area contributed by atoms with E-state index in [0.717, 1.165) is 18.4 Å². The summed E-state index contributed by atoms with van der Waals surface area (Å²) in [6, 6.07) is 0. The Morgan fingerprint density at radius 1 is 1.42 bits per heavy atom. The van der Waals surface area contributed by atoms with Gasteiger partial charge in [-0.15, -0.1) is 0 Å². The Morgan fingerprint density at radius 3 is 2.17 bits per heavy atom. The molecule has 0 aliphatic heterocycles. The van der Waals surface area contributed by atoms with E-state index in [1.165, 1.54) is 0 Å². The molecule has 0 fully saturated rings. The summed E-state index contributed by atoms with van der Waals surface area (Å²) in [5, 5.41) is 8.77. The molecule has 70 valence electrons. The summed E-state index contributed by atoms with van der Waals surface area (Å²) in [5.41, 5.74) is 1.59. The Kier molecular flexibility index (Phi) is 4.64. The van der Waals surface area contributed by atoms with Crippen LogP contribution in [0.3, 0.4) is 0 Å². The van der Waals surface area contributed by atoms with E-state index in [9.17, 15) is 4.79 Å². The van der Waals surface area contributed by atoms with E-state index >= 15 is 0 Å². The van der Waals surface area contributed by atoms with E-state index < -0.39 is 5.97 Å². The molecule has 0 aromatic heterocycles. The van der Waals surface area contributed by atoms with Crippen LogP contribution in [0.25, 0.3) is 0 Å². The van der Waals surface area contributed by atoms with E-state index in [0.29, 0.717) is 11.5 Å². The largest absolute Gasteiger partial charge is 0.478 e. The molecule has 2 nitrogen and oxygen atoms in total. The Hall–Kier alpha value is -0.790. The van der Waals surface area contributed by atoms with E-state index in [1.807, 2.05) is 6.92 Å². The molecule has 1 unspecified atom stereocenters. The molecule has 0 aliphatic rings. The van der Waals surface area contributed by atoms with E-state index in [2.05, 4.69) is 13.8 Å². The smallest absolute Gasteiger partial charge is 0.331 e. The second kappa shape index (κ2) is 4.96. The fourth-order valence-electron chi connectivity index (χ4n) is 1.37. The quantitative estimate of drug-likeness (QED) is 0.659. The van der Waals surface area contributed by atoms with Crippen molar-refractivity contribution in [3.63, 3.8) is 0 Å². The first-order chi connectivity index (χ1) is 5.54. The van der Waals surface area contributed by atoms with Crippen LogP contribution in [0.1, 0.15) is 40.5 Å². The number of carboxylic acid groups (broad SMARTS) is 1. The van der Waals surface area contributed by atoms with Gasteiger partial charge >= 0.3 is 5.97 Å². The number of allylic oxidation sites excluding steroid dienone is 1. The SMILES string of the molecule is CC/C(=C(/C)C(=O)O)C(C)CC. The maximum absolute atomic E-state index is 10.7. The van der Waals surface area contributed by atoms with Crippen LogP contribution in [-0.4, -0.2) is 11.1 Å². The molecule has 0 rings (SSSR count). The van der Waals surface area contributed by atoms with Crippen molar-refractivity contribution in [3.05, 3.63) is 11.1 Å². The fourth-order valence-corrected chi connectivity index (χ4v) is 1.37. The van der Waals surface area contributed by atoms with Crippen LogP contribution in [0.4, 0.5) is 0 Å². The lowest BCUT2D eigenvalue weighted by Crippen LogP contribution is -2.06. The number of rotatable bonds is 4. The molecule has 12 heavy (non-hydrogen) atoms. The first-order valence-electron chi connectivity index (χ1n) is 4.47. The Balaban J connectivity index is 4.72.